The molecule has 0 bridgehead atoms. The maximum absolute atomic E-state index is 11.0. The van der Waals surface area contributed by atoms with Gasteiger partial charge in [-0.05, 0) is 31.0 Å². The lowest BCUT2D eigenvalue weighted by atomic mass is 10.1. The van der Waals surface area contributed by atoms with E-state index in [1.54, 1.807) is 0 Å². The normalized spacial score (nSPS) is 13.6. The van der Waals surface area contributed by atoms with Crippen LogP contribution in [0.1, 0.15) is 12.5 Å². The van der Waals surface area contributed by atoms with Crippen LogP contribution < -0.4 is 5.32 Å². The third kappa shape index (κ3) is 6.66. The Balaban J connectivity index is 2.34. The van der Waals surface area contributed by atoms with Crippen molar-refractivity contribution in [3.63, 3.8) is 0 Å². The molecule has 3 nitrogen and oxygen atoms in total. The Labute approximate surface area is 108 Å². The number of benzene rings is 1. The molecule has 17 heavy (non-hydrogen) atoms. The summed E-state index contributed by atoms with van der Waals surface area (Å²) in [6.07, 6.45) is 2.11. The lowest BCUT2D eigenvalue weighted by Crippen LogP contribution is -2.32. The quantitative estimate of drug-likeness (QED) is 0.863. The summed E-state index contributed by atoms with van der Waals surface area (Å²) < 4.78 is 21.9. The molecule has 0 fully saturated rings. The molecule has 0 aliphatic carbocycles. The van der Waals surface area contributed by atoms with Crippen LogP contribution in [0.25, 0.3) is 0 Å². The molecule has 0 aromatic heterocycles. The minimum Gasteiger partial charge on any atom is -0.313 e. The predicted octanol–water partition coefficient (Wildman–Crippen LogP) is 1.91. The van der Waals surface area contributed by atoms with E-state index in [9.17, 15) is 8.42 Å². The molecule has 0 aliphatic heterocycles. The largest absolute Gasteiger partial charge is 0.313 e. The Morgan fingerprint density at radius 1 is 1.29 bits per heavy atom. The van der Waals surface area contributed by atoms with Gasteiger partial charge in [-0.3, -0.25) is 0 Å². The van der Waals surface area contributed by atoms with Gasteiger partial charge in [0.2, 0.25) is 0 Å². The Kier molecular flexibility index (Phi) is 5.43. The van der Waals surface area contributed by atoms with E-state index >= 15 is 0 Å². The summed E-state index contributed by atoms with van der Waals surface area (Å²) in [6, 6.07) is 7.94. The average Bonchev–Trinajstić information content (AvgIpc) is 2.19. The zero-order chi connectivity index (χ0) is 12.9. The first-order valence-electron chi connectivity index (χ1n) is 5.52. The van der Waals surface area contributed by atoms with Crippen molar-refractivity contribution in [1.29, 1.82) is 0 Å². The van der Waals surface area contributed by atoms with Crippen molar-refractivity contribution < 1.29 is 8.42 Å². The maximum atomic E-state index is 11.0. The average molecular weight is 276 g/mol. The minimum absolute atomic E-state index is 0.179. The SMILES string of the molecule is CC(Cc1ccc(Cl)cc1)NCCS(C)(=O)=O. The molecular weight excluding hydrogens is 258 g/mol. The van der Waals surface area contributed by atoms with Crippen LogP contribution >= 0.6 is 11.6 Å². The van der Waals surface area contributed by atoms with Gasteiger partial charge in [0, 0.05) is 23.9 Å². The highest BCUT2D eigenvalue weighted by Crippen LogP contribution is 2.10. The van der Waals surface area contributed by atoms with Gasteiger partial charge in [0.15, 0.2) is 0 Å². The fourth-order valence-electron chi connectivity index (χ4n) is 1.54. The maximum Gasteiger partial charge on any atom is 0.148 e. The molecule has 0 spiro atoms. The molecule has 1 N–H and O–H groups in total. The lowest BCUT2D eigenvalue weighted by molar-refractivity contribution is 0.556. The van der Waals surface area contributed by atoms with Crippen molar-refractivity contribution in [2.24, 2.45) is 0 Å². The Hall–Kier alpha value is -0.580. The Morgan fingerprint density at radius 3 is 2.41 bits per heavy atom. The van der Waals surface area contributed by atoms with Crippen LogP contribution in [0.2, 0.25) is 5.02 Å². The summed E-state index contributed by atoms with van der Waals surface area (Å²) in [4.78, 5) is 0. The number of sulfone groups is 1. The van der Waals surface area contributed by atoms with Crippen molar-refractivity contribution in [1.82, 2.24) is 5.32 Å². The van der Waals surface area contributed by atoms with Crippen molar-refractivity contribution in [3.8, 4) is 0 Å². The second-order valence-corrected chi connectivity index (χ2v) is 7.01. The summed E-state index contributed by atoms with van der Waals surface area (Å²) >= 11 is 5.80. The minimum atomic E-state index is -2.88. The van der Waals surface area contributed by atoms with Crippen molar-refractivity contribution in [3.05, 3.63) is 34.9 Å². The lowest BCUT2D eigenvalue weighted by Gasteiger charge is -2.13. The monoisotopic (exact) mass is 275 g/mol. The van der Waals surface area contributed by atoms with Crippen LogP contribution in [-0.4, -0.2) is 33.0 Å². The Bertz CT molecular complexity index is 442. The summed E-state index contributed by atoms with van der Waals surface area (Å²) in [6.45, 7) is 2.53. The summed E-state index contributed by atoms with van der Waals surface area (Å²) in [5.41, 5.74) is 1.19. The molecule has 0 heterocycles. The molecule has 1 atom stereocenters. The second kappa shape index (κ2) is 6.38. The van der Waals surface area contributed by atoms with Crippen LogP contribution in [-0.2, 0) is 16.3 Å². The fraction of sp³-hybridized carbons (Fsp3) is 0.500. The van der Waals surface area contributed by atoms with E-state index in [0.717, 1.165) is 11.4 Å². The van der Waals surface area contributed by atoms with Crippen LogP contribution in [0, 0.1) is 0 Å². The van der Waals surface area contributed by atoms with E-state index in [-0.39, 0.29) is 11.8 Å². The van der Waals surface area contributed by atoms with E-state index < -0.39 is 9.84 Å². The molecule has 1 unspecified atom stereocenters. The molecule has 0 saturated carbocycles. The molecular formula is C12H18ClNO2S. The van der Waals surface area contributed by atoms with Gasteiger partial charge in [-0.15, -0.1) is 0 Å². The zero-order valence-corrected chi connectivity index (χ0v) is 11.7. The van der Waals surface area contributed by atoms with Gasteiger partial charge >= 0.3 is 0 Å². The number of nitrogens with one attached hydrogen (secondary N) is 1. The van der Waals surface area contributed by atoms with E-state index in [0.29, 0.717) is 6.54 Å². The van der Waals surface area contributed by atoms with E-state index in [4.69, 9.17) is 11.6 Å². The molecule has 0 saturated heterocycles. The van der Waals surface area contributed by atoms with Crippen molar-refractivity contribution in [2.75, 3.05) is 18.6 Å². The highest BCUT2D eigenvalue weighted by molar-refractivity contribution is 7.90. The topological polar surface area (TPSA) is 46.2 Å². The van der Waals surface area contributed by atoms with Gasteiger partial charge < -0.3 is 5.32 Å². The first-order chi connectivity index (χ1) is 7.87. The number of halogens is 1. The predicted molar refractivity (Wildman–Crippen MR) is 72.3 cm³/mol. The van der Waals surface area contributed by atoms with Crippen molar-refractivity contribution >= 4 is 21.4 Å². The molecule has 0 radical (unpaired) electrons. The van der Waals surface area contributed by atoms with E-state index in [1.807, 2.05) is 31.2 Å². The van der Waals surface area contributed by atoms with Crippen LogP contribution in [0.15, 0.2) is 24.3 Å². The first-order valence-corrected chi connectivity index (χ1v) is 7.96. The fourth-order valence-corrected chi connectivity index (χ4v) is 2.15. The van der Waals surface area contributed by atoms with Gasteiger partial charge in [0.25, 0.3) is 0 Å². The van der Waals surface area contributed by atoms with Crippen molar-refractivity contribution in [2.45, 2.75) is 19.4 Å². The Morgan fingerprint density at radius 2 is 1.88 bits per heavy atom. The van der Waals surface area contributed by atoms with E-state index in [2.05, 4.69) is 5.32 Å². The van der Waals surface area contributed by atoms with Crippen LogP contribution in [0.5, 0.6) is 0 Å². The number of hydrogen-bond acceptors (Lipinski definition) is 3. The van der Waals surface area contributed by atoms with Gasteiger partial charge in [0.1, 0.15) is 9.84 Å². The van der Waals surface area contributed by atoms with Gasteiger partial charge in [-0.2, -0.15) is 0 Å². The summed E-state index contributed by atoms with van der Waals surface area (Å²) in [5.74, 6) is 0.179. The first kappa shape index (κ1) is 14.5. The van der Waals surface area contributed by atoms with Gasteiger partial charge in [-0.1, -0.05) is 23.7 Å². The van der Waals surface area contributed by atoms with Crippen LogP contribution in [0.3, 0.4) is 0 Å². The molecule has 1 aromatic rings. The summed E-state index contributed by atoms with van der Waals surface area (Å²) in [7, 11) is -2.88. The smallest absolute Gasteiger partial charge is 0.148 e. The van der Waals surface area contributed by atoms with Crippen LogP contribution in [0.4, 0.5) is 0 Å². The van der Waals surface area contributed by atoms with Gasteiger partial charge in [-0.25, -0.2) is 8.42 Å². The third-order valence-corrected chi connectivity index (χ3v) is 3.62. The number of rotatable bonds is 6. The number of hydrogen-bond donors (Lipinski definition) is 1. The molecule has 1 rings (SSSR count). The molecule has 96 valence electrons. The second-order valence-electron chi connectivity index (χ2n) is 4.32. The molecule has 5 heteroatoms. The molecule has 0 aliphatic rings. The highest BCUT2D eigenvalue weighted by atomic mass is 35.5. The third-order valence-electron chi connectivity index (χ3n) is 2.42. The summed E-state index contributed by atoms with van der Waals surface area (Å²) in [5, 5.41) is 3.92. The van der Waals surface area contributed by atoms with Gasteiger partial charge in [0.05, 0.1) is 5.75 Å². The zero-order valence-electron chi connectivity index (χ0n) is 10.1. The molecule has 0 amide bonds. The standard InChI is InChI=1S/C12H18ClNO2S/c1-10(14-7-8-17(2,15)16)9-11-3-5-12(13)6-4-11/h3-6,10,14H,7-9H2,1-2H3. The highest BCUT2D eigenvalue weighted by Gasteiger charge is 2.05. The van der Waals surface area contributed by atoms with E-state index in [1.165, 1.54) is 11.8 Å². The molecule has 1 aromatic carbocycles.